The summed E-state index contributed by atoms with van der Waals surface area (Å²) in [6.45, 7) is 5.79. The third-order valence-electron chi connectivity index (χ3n) is 4.46. The number of carbonyl (C=O) groups is 3. The Morgan fingerprint density at radius 1 is 0.897 bits per heavy atom. The van der Waals surface area contributed by atoms with Crippen molar-refractivity contribution < 1.29 is 28.6 Å². The number of hydrogen-bond donors (Lipinski definition) is 1. The van der Waals surface area contributed by atoms with E-state index in [2.05, 4.69) is 5.32 Å². The van der Waals surface area contributed by atoms with Gasteiger partial charge in [-0.1, -0.05) is 13.0 Å². The molecular formula is C22H25NO6. The Labute approximate surface area is 170 Å². The molecule has 2 aromatic carbocycles. The highest BCUT2D eigenvalue weighted by molar-refractivity contribution is 6.00. The standard InChI is InChI=1S/C22H25NO6/c1-6-19(29-18-8-7-13(2)14(3)9-18)20(24)23-17-11-15(21(25)27-4)10-16(12-17)22(26)28-5/h7-12,19H,6H2,1-5H3,(H,23,24)/t19-/m1/s1. The summed E-state index contributed by atoms with van der Waals surface area (Å²) in [4.78, 5) is 36.5. The lowest BCUT2D eigenvalue weighted by molar-refractivity contribution is -0.122. The Bertz CT molecular complexity index is 887. The number of aryl methyl sites for hydroxylation is 2. The van der Waals surface area contributed by atoms with Crippen LogP contribution in [0.15, 0.2) is 36.4 Å². The van der Waals surface area contributed by atoms with Gasteiger partial charge in [-0.15, -0.1) is 0 Å². The summed E-state index contributed by atoms with van der Waals surface area (Å²) in [6.07, 6.45) is -0.320. The Kier molecular flexibility index (Phi) is 7.36. The van der Waals surface area contributed by atoms with Gasteiger partial charge in [0.25, 0.3) is 5.91 Å². The van der Waals surface area contributed by atoms with Crippen LogP contribution in [0.5, 0.6) is 5.75 Å². The third-order valence-corrected chi connectivity index (χ3v) is 4.46. The summed E-state index contributed by atoms with van der Waals surface area (Å²) in [7, 11) is 2.46. The van der Waals surface area contributed by atoms with Gasteiger partial charge in [0.2, 0.25) is 0 Å². The molecule has 0 bridgehead atoms. The van der Waals surface area contributed by atoms with Gasteiger partial charge in [0.1, 0.15) is 5.75 Å². The molecule has 0 spiro atoms. The number of esters is 2. The average molecular weight is 399 g/mol. The summed E-state index contributed by atoms with van der Waals surface area (Å²) in [5.74, 6) is -1.08. The minimum atomic E-state index is -0.750. The average Bonchev–Trinajstić information content (AvgIpc) is 2.72. The summed E-state index contributed by atoms with van der Waals surface area (Å²) in [5.41, 5.74) is 2.69. The molecule has 1 N–H and O–H groups in total. The van der Waals surface area contributed by atoms with Crippen molar-refractivity contribution in [2.24, 2.45) is 0 Å². The van der Waals surface area contributed by atoms with Crippen LogP contribution in [0, 0.1) is 13.8 Å². The number of rotatable bonds is 7. The first-order valence-electron chi connectivity index (χ1n) is 9.15. The first-order valence-corrected chi connectivity index (χ1v) is 9.15. The zero-order chi connectivity index (χ0) is 21.6. The van der Waals surface area contributed by atoms with E-state index in [4.69, 9.17) is 14.2 Å². The zero-order valence-electron chi connectivity index (χ0n) is 17.2. The Morgan fingerprint density at radius 3 is 1.97 bits per heavy atom. The van der Waals surface area contributed by atoms with E-state index in [-0.39, 0.29) is 16.8 Å². The molecule has 154 valence electrons. The summed E-state index contributed by atoms with van der Waals surface area (Å²) in [6, 6.07) is 9.82. The van der Waals surface area contributed by atoms with Crippen molar-refractivity contribution in [1.82, 2.24) is 0 Å². The van der Waals surface area contributed by atoms with Crippen molar-refractivity contribution in [3.05, 3.63) is 58.7 Å². The normalized spacial score (nSPS) is 11.3. The van der Waals surface area contributed by atoms with Crippen molar-refractivity contribution >= 4 is 23.5 Å². The SMILES string of the molecule is CC[C@@H](Oc1ccc(C)c(C)c1)C(=O)Nc1cc(C(=O)OC)cc(C(=O)OC)c1. The van der Waals surface area contributed by atoms with Crippen LogP contribution in [0.25, 0.3) is 0 Å². The summed E-state index contributed by atoms with van der Waals surface area (Å²) >= 11 is 0. The minimum absolute atomic E-state index is 0.119. The van der Waals surface area contributed by atoms with Crippen molar-refractivity contribution in [2.45, 2.75) is 33.3 Å². The topological polar surface area (TPSA) is 90.9 Å². The van der Waals surface area contributed by atoms with E-state index >= 15 is 0 Å². The first-order chi connectivity index (χ1) is 13.8. The molecule has 0 saturated heterocycles. The molecule has 0 saturated carbocycles. The Hall–Kier alpha value is -3.35. The van der Waals surface area contributed by atoms with Gasteiger partial charge in [-0.3, -0.25) is 4.79 Å². The number of ether oxygens (including phenoxy) is 3. The maximum atomic E-state index is 12.7. The number of hydrogen-bond acceptors (Lipinski definition) is 6. The number of amides is 1. The summed E-state index contributed by atoms with van der Waals surface area (Å²) in [5, 5.41) is 2.70. The van der Waals surface area contributed by atoms with Crippen LogP contribution >= 0.6 is 0 Å². The lowest BCUT2D eigenvalue weighted by Gasteiger charge is -2.18. The van der Waals surface area contributed by atoms with Crippen molar-refractivity contribution in [2.75, 3.05) is 19.5 Å². The van der Waals surface area contributed by atoms with Crippen LogP contribution in [0.4, 0.5) is 5.69 Å². The van der Waals surface area contributed by atoms with Gasteiger partial charge in [-0.2, -0.15) is 0 Å². The van der Waals surface area contributed by atoms with E-state index in [1.807, 2.05) is 39.0 Å². The smallest absolute Gasteiger partial charge is 0.337 e. The fourth-order valence-corrected chi connectivity index (χ4v) is 2.67. The van der Waals surface area contributed by atoms with E-state index in [0.29, 0.717) is 12.2 Å². The van der Waals surface area contributed by atoms with Crippen LogP contribution in [0.2, 0.25) is 0 Å². The lowest BCUT2D eigenvalue weighted by Crippen LogP contribution is -2.32. The largest absolute Gasteiger partial charge is 0.481 e. The van der Waals surface area contributed by atoms with Gasteiger partial charge < -0.3 is 19.5 Å². The number of carbonyl (C=O) groups excluding carboxylic acids is 3. The molecule has 0 aromatic heterocycles. The second kappa shape index (κ2) is 9.73. The molecule has 2 rings (SSSR count). The molecule has 0 aliphatic rings. The minimum Gasteiger partial charge on any atom is -0.481 e. The molecule has 0 radical (unpaired) electrons. The maximum absolute atomic E-state index is 12.7. The molecule has 1 atom stereocenters. The molecular weight excluding hydrogens is 374 g/mol. The second-order valence-electron chi connectivity index (χ2n) is 6.53. The molecule has 0 aliphatic carbocycles. The lowest BCUT2D eigenvalue weighted by atomic mass is 10.1. The molecule has 0 unspecified atom stereocenters. The molecule has 1 amide bonds. The highest BCUT2D eigenvalue weighted by Crippen LogP contribution is 2.21. The molecule has 0 aliphatic heterocycles. The molecule has 0 heterocycles. The quantitative estimate of drug-likeness (QED) is 0.715. The van der Waals surface area contributed by atoms with Gasteiger partial charge in [-0.25, -0.2) is 9.59 Å². The van der Waals surface area contributed by atoms with Crippen LogP contribution in [0.3, 0.4) is 0 Å². The van der Waals surface area contributed by atoms with E-state index in [1.165, 1.54) is 32.4 Å². The van der Waals surface area contributed by atoms with Crippen LogP contribution in [-0.4, -0.2) is 38.2 Å². The fourth-order valence-electron chi connectivity index (χ4n) is 2.67. The van der Waals surface area contributed by atoms with Crippen LogP contribution < -0.4 is 10.1 Å². The maximum Gasteiger partial charge on any atom is 0.337 e. The molecule has 7 nitrogen and oxygen atoms in total. The van der Waals surface area contributed by atoms with Gasteiger partial charge in [0.15, 0.2) is 6.10 Å². The second-order valence-corrected chi connectivity index (χ2v) is 6.53. The molecule has 2 aromatic rings. The van der Waals surface area contributed by atoms with Crippen LogP contribution in [0.1, 0.15) is 45.2 Å². The highest BCUT2D eigenvalue weighted by atomic mass is 16.5. The van der Waals surface area contributed by atoms with Crippen molar-refractivity contribution in [3.8, 4) is 5.75 Å². The van der Waals surface area contributed by atoms with Gasteiger partial charge in [0, 0.05) is 5.69 Å². The molecule has 29 heavy (non-hydrogen) atoms. The zero-order valence-corrected chi connectivity index (χ0v) is 17.2. The van der Waals surface area contributed by atoms with Crippen LogP contribution in [-0.2, 0) is 14.3 Å². The van der Waals surface area contributed by atoms with Gasteiger partial charge in [-0.05, 0) is 61.7 Å². The van der Waals surface area contributed by atoms with E-state index in [1.54, 1.807) is 0 Å². The van der Waals surface area contributed by atoms with Crippen molar-refractivity contribution in [1.29, 1.82) is 0 Å². The van der Waals surface area contributed by atoms with Crippen molar-refractivity contribution in [3.63, 3.8) is 0 Å². The number of methoxy groups -OCH3 is 2. The predicted octanol–water partition coefficient (Wildman–Crippen LogP) is 3.67. The fraction of sp³-hybridized carbons (Fsp3) is 0.318. The number of anilines is 1. The Morgan fingerprint density at radius 2 is 1.48 bits per heavy atom. The van der Waals surface area contributed by atoms with E-state index in [9.17, 15) is 14.4 Å². The monoisotopic (exact) mass is 399 g/mol. The van der Waals surface area contributed by atoms with E-state index in [0.717, 1.165) is 11.1 Å². The molecule has 0 fully saturated rings. The third kappa shape index (κ3) is 5.57. The van der Waals surface area contributed by atoms with Gasteiger partial charge >= 0.3 is 11.9 Å². The van der Waals surface area contributed by atoms with E-state index < -0.39 is 23.9 Å². The number of nitrogens with one attached hydrogen (secondary N) is 1. The first kappa shape index (κ1) is 21.9. The predicted molar refractivity (Wildman–Crippen MR) is 108 cm³/mol. The summed E-state index contributed by atoms with van der Waals surface area (Å²) < 4.78 is 15.2. The van der Waals surface area contributed by atoms with Gasteiger partial charge in [0.05, 0.1) is 25.3 Å². The number of benzene rings is 2. The molecule has 7 heteroatoms. The Balaban J connectivity index is 2.25. The highest BCUT2D eigenvalue weighted by Gasteiger charge is 2.21.